The van der Waals surface area contributed by atoms with E-state index in [1.165, 1.54) is 104 Å². The Morgan fingerprint density at radius 3 is 1.38 bits per heavy atom. The number of hydrogen-bond donors (Lipinski definition) is 0. The zero-order valence-corrected chi connectivity index (χ0v) is 37.5. The standard InChI is InChI=1S/C67H41NO/c1-2-15-42(16-3-1)43-29-33-45(34-30-43)68(47-37-38-52-51-19-8-12-27-60(51)67(61(52)41-47)58-25-10-6-17-49(58)50-18-7-11-26-59(50)67)46-35-31-44(32-36-46)48-23-14-24-54-56-39-40-63-66(57-22-9-13-28-62(57)69-63)65(56)55-21-5-4-20-53(55)64(48)54/h1-41H. The first kappa shape index (κ1) is 38.2. The second-order valence-electron chi connectivity index (χ2n) is 18.6. The molecule has 0 radical (unpaired) electrons. The molecule has 2 aliphatic rings. The number of nitrogens with zero attached hydrogens (tertiary/aromatic N) is 1. The lowest BCUT2D eigenvalue weighted by Crippen LogP contribution is -2.26. The highest BCUT2D eigenvalue weighted by atomic mass is 16.3. The summed E-state index contributed by atoms with van der Waals surface area (Å²) in [6.45, 7) is 0. The van der Waals surface area contributed by atoms with Crippen LogP contribution in [0.2, 0.25) is 0 Å². The molecule has 2 aliphatic carbocycles. The van der Waals surface area contributed by atoms with Gasteiger partial charge in [-0.25, -0.2) is 0 Å². The van der Waals surface area contributed by atoms with E-state index in [2.05, 4.69) is 248 Å². The molecule has 13 aromatic rings. The Bertz CT molecular complexity index is 4140. The van der Waals surface area contributed by atoms with Crippen LogP contribution in [0.4, 0.5) is 17.1 Å². The molecule has 2 nitrogen and oxygen atoms in total. The van der Waals surface area contributed by atoms with Gasteiger partial charge in [-0.3, -0.25) is 0 Å². The zero-order chi connectivity index (χ0) is 45.2. The van der Waals surface area contributed by atoms with Crippen LogP contribution in [0.3, 0.4) is 0 Å². The van der Waals surface area contributed by atoms with Gasteiger partial charge in [0.1, 0.15) is 11.2 Å². The highest BCUT2D eigenvalue weighted by Gasteiger charge is 2.51. The van der Waals surface area contributed by atoms with E-state index in [1.807, 2.05) is 6.07 Å². The fraction of sp³-hybridized carbons (Fsp3) is 0.0149. The topological polar surface area (TPSA) is 16.4 Å². The van der Waals surface area contributed by atoms with Crippen molar-refractivity contribution in [1.82, 2.24) is 0 Å². The molecule has 2 heteroatoms. The van der Waals surface area contributed by atoms with Gasteiger partial charge in [0.05, 0.1) is 5.41 Å². The lowest BCUT2D eigenvalue weighted by Gasteiger charge is -2.32. The average molecular weight is 876 g/mol. The highest BCUT2D eigenvalue weighted by molar-refractivity contribution is 6.36. The van der Waals surface area contributed by atoms with Crippen LogP contribution in [0, 0.1) is 0 Å². The third-order valence-corrected chi connectivity index (χ3v) is 15.3. The van der Waals surface area contributed by atoms with Gasteiger partial charge in [-0.05, 0) is 148 Å². The normalized spacial score (nSPS) is 13.0. The highest BCUT2D eigenvalue weighted by Crippen LogP contribution is 2.63. The molecule has 0 fully saturated rings. The number of anilines is 3. The van der Waals surface area contributed by atoms with E-state index in [1.54, 1.807) is 0 Å². The van der Waals surface area contributed by atoms with Gasteiger partial charge < -0.3 is 9.32 Å². The quantitative estimate of drug-likeness (QED) is 0.160. The van der Waals surface area contributed by atoms with Crippen LogP contribution in [0.5, 0.6) is 0 Å². The number of hydrogen-bond acceptors (Lipinski definition) is 2. The van der Waals surface area contributed by atoms with Crippen molar-refractivity contribution in [3.05, 3.63) is 271 Å². The fourth-order valence-corrected chi connectivity index (χ4v) is 12.4. The molecule has 0 saturated heterocycles. The minimum absolute atomic E-state index is 0.445. The van der Waals surface area contributed by atoms with Crippen LogP contribution in [0.1, 0.15) is 22.3 Å². The van der Waals surface area contributed by atoms with Gasteiger partial charge in [0, 0.05) is 33.2 Å². The van der Waals surface area contributed by atoms with Crippen LogP contribution in [-0.2, 0) is 5.41 Å². The van der Waals surface area contributed by atoms with E-state index in [9.17, 15) is 0 Å². The Kier molecular flexibility index (Phi) is 8.02. The Morgan fingerprint density at radius 1 is 0.261 bits per heavy atom. The van der Waals surface area contributed by atoms with Crippen molar-refractivity contribution in [1.29, 1.82) is 0 Å². The first-order chi connectivity index (χ1) is 34.2. The molecule has 0 bridgehead atoms. The molecular formula is C67H41NO. The molecule has 1 heterocycles. The number of furan rings is 1. The molecule has 15 rings (SSSR count). The molecule has 1 spiro atoms. The summed E-state index contributed by atoms with van der Waals surface area (Å²) in [4.78, 5) is 2.44. The van der Waals surface area contributed by atoms with Gasteiger partial charge >= 0.3 is 0 Å². The molecule has 0 aliphatic heterocycles. The lowest BCUT2D eigenvalue weighted by molar-refractivity contribution is 0.669. The fourth-order valence-electron chi connectivity index (χ4n) is 12.4. The Labute approximate surface area is 399 Å². The second kappa shape index (κ2) is 14.5. The Hall–Kier alpha value is -8.98. The molecule has 0 atom stereocenters. The first-order valence-electron chi connectivity index (χ1n) is 23.9. The molecule has 0 N–H and O–H groups in total. The zero-order valence-electron chi connectivity index (χ0n) is 37.5. The SMILES string of the molecule is c1ccc(-c2ccc(N(c3ccc(-c4cccc5c6ccc7oc8ccccc8c7c6c6ccccc6c45)cc3)c3ccc4c(c3)C3(c5ccccc5-c5ccccc53)c3ccccc3-4)cc2)cc1. The monoisotopic (exact) mass is 875 g/mol. The van der Waals surface area contributed by atoms with Gasteiger partial charge in [-0.1, -0.05) is 194 Å². The van der Waals surface area contributed by atoms with Gasteiger partial charge in [-0.15, -0.1) is 0 Å². The minimum Gasteiger partial charge on any atom is -0.456 e. The molecule has 1 aromatic heterocycles. The summed E-state index contributed by atoms with van der Waals surface area (Å²) >= 11 is 0. The number of fused-ring (bicyclic) bond motifs is 20. The molecule has 12 aromatic carbocycles. The summed E-state index contributed by atoms with van der Waals surface area (Å²) in [5.41, 5.74) is 20.0. The summed E-state index contributed by atoms with van der Waals surface area (Å²) in [7, 11) is 0. The molecule has 320 valence electrons. The predicted octanol–water partition coefficient (Wildman–Crippen LogP) is 18.2. The predicted molar refractivity (Wildman–Crippen MR) is 288 cm³/mol. The van der Waals surface area contributed by atoms with Gasteiger partial charge in [0.2, 0.25) is 0 Å². The molecule has 0 unspecified atom stereocenters. The lowest BCUT2D eigenvalue weighted by atomic mass is 9.70. The van der Waals surface area contributed by atoms with Gasteiger partial charge in [0.15, 0.2) is 0 Å². The Balaban J connectivity index is 0.923. The van der Waals surface area contributed by atoms with E-state index < -0.39 is 5.41 Å². The molecule has 0 saturated carbocycles. The number of rotatable bonds is 5. The number of para-hydroxylation sites is 1. The summed E-state index contributed by atoms with van der Waals surface area (Å²) in [5.74, 6) is 0. The van der Waals surface area contributed by atoms with E-state index in [0.29, 0.717) is 0 Å². The van der Waals surface area contributed by atoms with Crippen LogP contribution in [-0.4, -0.2) is 0 Å². The smallest absolute Gasteiger partial charge is 0.136 e. The van der Waals surface area contributed by atoms with E-state index in [4.69, 9.17) is 4.42 Å². The average Bonchev–Trinajstić information content (AvgIpc) is 4.06. The van der Waals surface area contributed by atoms with E-state index in [-0.39, 0.29) is 0 Å². The maximum absolute atomic E-state index is 6.42. The van der Waals surface area contributed by atoms with Crippen molar-refractivity contribution in [2.75, 3.05) is 4.90 Å². The number of benzene rings is 12. The molecule has 0 amide bonds. The minimum atomic E-state index is -0.445. The van der Waals surface area contributed by atoms with Crippen molar-refractivity contribution >= 4 is 71.3 Å². The van der Waals surface area contributed by atoms with E-state index >= 15 is 0 Å². The third-order valence-electron chi connectivity index (χ3n) is 15.3. The summed E-state index contributed by atoms with van der Waals surface area (Å²) in [6.07, 6.45) is 0. The van der Waals surface area contributed by atoms with Gasteiger partial charge in [-0.2, -0.15) is 0 Å². The van der Waals surface area contributed by atoms with Crippen molar-refractivity contribution in [2.45, 2.75) is 5.41 Å². The van der Waals surface area contributed by atoms with Crippen molar-refractivity contribution in [3.8, 4) is 44.5 Å². The van der Waals surface area contributed by atoms with Crippen LogP contribution in [0.25, 0.3) is 98.8 Å². The van der Waals surface area contributed by atoms with Gasteiger partial charge in [0.25, 0.3) is 0 Å². The Morgan fingerprint density at radius 2 is 0.725 bits per heavy atom. The molecular weight excluding hydrogens is 835 g/mol. The van der Waals surface area contributed by atoms with E-state index in [0.717, 1.165) is 33.6 Å². The van der Waals surface area contributed by atoms with Crippen molar-refractivity contribution in [3.63, 3.8) is 0 Å². The van der Waals surface area contributed by atoms with Crippen LogP contribution in [0.15, 0.2) is 253 Å². The van der Waals surface area contributed by atoms with Crippen molar-refractivity contribution in [2.24, 2.45) is 0 Å². The van der Waals surface area contributed by atoms with Crippen LogP contribution >= 0.6 is 0 Å². The molecule has 69 heavy (non-hydrogen) atoms. The maximum Gasteiger partial charge on any atom is 0.136 e. The first-order valence-corrected chi connectivity index (χ1v) is 23.9. The third kappa shape index (κ3) is 5.31. The van der Waals surface area contributed by atoms with Crippen LogP contribution < -0.4 is 4.90 Å². The second-order valence-corrected chi connectivity index (χ2v) is 18.6. The van der Waals surface area contributed by atoms with Crippen molar-refractivity contribution < 1.29 is 4.42 Å². The summed E-state index contributed by atoms with van der Waals surface area (Å²) in [6, 6.07) is 91.8. The maximum atomic E-state index is 6.42. The largest absolute Gasteiger partial charge is 0.456 e. The summed E-state index contributed by atoms with van der Waals surface area (Å²) < 4.78 is 6.42. The summed E-state index contributed by atoms with van der Waals surface area (Å²) in [5, 5.41) is 9.76.